The number of anilines is 2. The maximum atomic E-state index is 6.01. The van der Waals surface area contributed by atoms with Crippen molar-refractivity contribution in [3.05, 3.63) is 48.0 Å². The zero-order valence-corrected chi connectivity index (χ0v) is 16.6. The molecule has 0 heterocycles. The number of aryl methyl sites for hydroxylation is 1. The molecule has 0 saturated heterocycles. The Morgan fingerprint density at radius 1 is 0.630 bits per heavy atom. The molecule has 4 N–H and O–H groups in total. The maximum absolute atomic E-state index is 6.01. The van der Waals surface area contributed by atoms with Crippen molar-refractivity contribution in [2.45, 2.75) is 58.3 Å². The summed E-state index contributed by atoms with van der Waals surface area (Å²) in [4.78, 5) is 0. The van der Waals surface area contributed by atoms with Gasteiger partial charge in [-0.2, -0.15) is 0 Å². The highest BCUT2D eigenvalue weighted by molar-refractivity contribution is 5.57. The first kappa shape index (κ1) is 20.9. The Morgan fingerprint density at radius 3 is 1.78 bits per heavy atom. The fourth-order valence-electron chi connectivity index (χ4n) is 3.02. The van der Waals surface area contributed by atoms with Gasteiger partial charge >= 0.3 is 0 Å². The molecule has 4 nitrogen and oxygen atoms in total. The fourth-order valence-corrected chi connectivity index (χ4v) is 3.02. The first-order chi connectivity index (χ1) is 13.2. The van der Waals surface area contributed by atoms with Crippen molar-refractivity contribution in [2.75, 3.05) is 24.7 Å². The molecule has 0 aliphatic rings. The van der Waals surface area contributed by atoms with Gasteiger partial charge in [0.2, 0.25) is 0 Å². The van der Waals surface area contributed by atoms with Gasteiger partial charge in [0.05, 0.1) is 24.6 Å². The summed E-state index contributed by atoms with van der Waals surface area (Å²) >= 11 is 0. The second kappa shape index (κ2) is 12.1. The summed E-state index contributed by atoms with van der Waals surface area (Å²) < 4.78 is 11.5. The Labute approximate surface area is 163 Å². The van der Waals surface area contributed by atoms with Crippen molar-refractivity contribution < 1.29 is 9.47 Å². The molecule has 0 saturated carbocycles. The average Bonchev–Trinajstić information content (AvgIpc) is 2.67. The van der Waals surface area contributed by atoms with Crippen LogP contribution in [-0.4, -0.2) is 13.2 Å². The Morgan fingerprint density at radius 2 is 1.15 bits per heavy atom. The standard InChI is InChI=1S/C23H34N2O2/c1-19-13-12-16-22(23(19)25)27-18-11-7-5-3-2-4-6-10-17-26-21-15-9-8-14-20(21)24/h8-9,12-16H,2-7,10-11,17-18,24-25H2,1H3. The number of nitrogens with two attached hydrogens (primary N) is 2. The number of nitrogen functional groups attached to an aromatic ring is 2. The van der Waals surface area contributed by atoms with E-state index in [2.05, 4.69) is 0 Å². The van der Waals surface area contributed by atoms with Crippen molar-refractivity contribution in [3.8, 4) is 11.5 Å². The third-order valence-electron chi connectivity index (χ3n) is 4.76. The highest BCUT2D eigenvalue weighted by Crippen LogP contribution is 2.24. The molecule has 0 unspecified atom stereocenters. The lowest BCUT2D eigenvalue weighted by atomic mass is 10.1. The van der Waals surface area contributed by atoms with Crippen LogP contribution >= 0.6 is 0 Å². The quantitative estimate of drug-likeness (QED) is 0.348. The minimum absolute atomic E-state index is 0.714. The Bertz CT molecular complexity index is 673. The van der Waals surface area contributed by atoms with Crippen molar-refractivity contribution in [1.82, 2.24) is 0 Å². The van der Waals surface area contributed by atoms with Crippen molar-refractivity contribution in [3.63, 3.8) is 0 Å². The Kier molecular flexibility index (Phi) is 9.39. The van der Waals surface area contributed by atoms with Crippen LogP contribution in [0.25, 0.3) is 0 Å². The molecule has 0 atom stereocenters. The van der Waals surface area contributed by atoms with Gasteiger partial charge in [-0.3, -0.25) is 0 Å². The third-order valence-corrected chi connectivity index (χ3v) is 4.76. The van der Waals surface area contributed by atoms with E-state index in [1.165, 1.54) is 38.5 Å². The summed E-state index contributed by atoms with van der Waals surface area (Å²) in [6.07, 6.45) is 9.70. The van der Waals surface area contributed by atoms with E-state index in [4.69, 9.17) is 20.9 Å². The molecule has 2 aromatic carbocycles. The molecule has 148 valence electrons. The minimum Gasteiger partial charge on any atom is -0.491 e. The van der Waals surface area contributed by atoms with Crippen molar-refractivity contribution in [1.29, 1.82) is 0 Å². The summed E-state index contributed by atoms with van der Waals surface area (Å²) in [5.41, 5.74) is 14.4. The summed E-state index contributed by atoms with van der Waals surface area (Å²) in [6.45, 7) is 3.49. The molecule has 0 aliphatic carbocycles. The van der Waals surface area contributed by atoms with E-state index in [9.17, 15) is 0 Å². The lowest BCUT2D eigenvalue weighted by Gasteiger charge is -2.10. The molecule has 0 aromatic heterocycles. The second-order valence-corrected chi connectivity index (χ2v) is 7.05. The number of unbranched alkanes of at least 4 members (excludes halogenated alkanes) is 7. The fraction of sp³-hybridized carbons (Fsp3) is 0.478. The zero-order valence-electron chi connectivity index (χ0n) is 16.6. The topological polar surface area (TPSA) is 70.5 Å². The van der Waals surface area contributed by atoms with E-state index in [1.54, 1.807) is 0 Å². The number of rotatable bonds is 13. The van der Waals surface area contributed by atoms with Crippen LogP contribution in [-0.2, 0) is 0 Å². The van der Waals surface area contributed by atoms with Crippen LogP contribution in [0.3, 0.4) is 0 Å². The number of hydrogen-bond acceptors (Lipinski definition) is 4. The smallest absolute Gasteiger partial charge is 0.142 e. The van der Waals surface area contributed by atoms with E-state index in [-0.39, 0.29) is 0 Å². The van der Waals surface area contributed by atoms with Crippen LogP contribution < -0.4 is 20.9 Å². The summed E-state index contributed by atoms with van der Waals surface area (Å²) in [6, 6.07) is 13.6. The van der Waals surface area contributed by atoms with Gasteiger partial charge in [-0.05, 0) is 43.5 Å². The molecule has 0 spiro atoms. The number of ether oxygens (including phenoxy) is 2. The van der Waals surface area contributed by atoms with E-state index < -0.39 is 0 Å². The van der Waals surface area contributed by atoms with Gasteiger partial charge in [0, 0.05) is 0 Å². The first-order valence-electron chi connectivity index (χ1n) is 10.1. The number of benzene rings is 2. The van der Waals surface area contributed by atoms with Crippen LogP contribution in [0, 0.1) is 6.92 Å². The largest absolute Gasteiger partial charge is 0.491 e. The number of para-hydroxylation sites is 3. The van der Waals surface area contributed by atoms with Crippen molar-refractivity contribution >= 4 is 11.4 Å². The first-order valence-corrected chi connectivity index (χ1v) is 10.1. The molecular formula is C23H34N2O2. The zero-order chi connectivity index (χ0) is 19.3. The van der Waals surface area contributed by atoms with Gasteiger partial charge in [0.15, 0.2) is 0 Å². The van der Waals surface area contributed by atoms with Gasteiger partial charge in [-0.1, -0.05) is 62.8 Å². The number of hydrogen-bond donors (Lipinski definition) is 2. The molecule has 2 rings (SSSR count). The Balaban J connectivity index is 1.40. The van der Waals surface area contributed by atoms with Gasteiger partial charge in [-0.25, -0.2) is 0 Å². The maximum Gasteiger partial charge on any atom is 0.142 e. The van der Waals surface area contributed by atoms with E-state index in [0.717, 1.165) is 48.8 Å². The normalized spacial score (nSPS) is 10.7. The summed E-state index contributed by atoms with van der Waals surface area (Å²) in [5.74, 6) is 1.61. The molecule has 0 aliphatic heterocycles. The predicted octanol–water partition coefficient (Wildman–Crippen LogP) is 5.74. The van der Waals surface area contributed by atoms with Gasteiger partial charge in [0.25, 0.3) is 0 Å². The highest BCUT2D eigenvalue weighted by atomic mass is 16.5. The molecule has 2 aromatic rings. The summed E-state index contributed by atoms with van der Waals surface area (Å²) in [5, 5.41) is 0. The lowest BCUT2D eigenvalue weighted by molar-refractivity contribution is 0.302. The third kappa shape index (κ3) is 7.81. The molecule has 27 heavy (non-hydrogen) atoms. The molecule has 0 amide bonds. The van der Waals surface area contributed by atoms with E-state index in [1.807, 2.05) is 49.4 Å². The molecule has 0 fully saturated rings. The second-order valence-electron chi connectivity index (χ2n) is 7.05. The lowest BCUT2D eigenvalue weighted by Crippen LogP contribution is -2.01. The summed E-state index contributed by atoms with van der Waals surface area (Å²) in [7, 11) is 0. The van der Waals surface area contributed by atoms with Gasteiger partial charge in [-0.15, -0.1) is 0 Å². The van der Waals surface area contributed by atoms with Gasteiger partial charge < -0.3 is 20.9 Å². The van der Waals surface area contributed by atoms with Crippen LogP contribution in [0.2, 0.25) is 0 Å². The van der Waals surface area contributed by atoms with Crippen LogP contribution in [0.5, 0.6) is 11.5 Å². The van der Waals surface area contributed by atoms with Crippen LogP contribution in [0.15, 0.2) is 42.5 Å². The predicted molar refractivity (Wildman–Crippen MR) is 114 cm³/mol. The van der Waals surface area contributed by atoms with Gasteiger partial charge in [0.1, 0.15) is 11.5 Å². The van der Waals surface area contributed by atoms with E-state index in [0.29, 0.717) is 5.69 Å². The molecular weight excluding hydrogens is 336 g/mol. The Hall–Kier alpha value is -2.36. The molecule has 0 radical (unpaired) electrons. The van der Waals surface area contributed by atoms with Crippen LogP contribution in [0.1, 0.15) is 56.9 Å². The highest BCUT2D eigenvalue weighted by Gasteiger charge is 2.02. The minimum atomic E-state index is 0.714. The van der Waals surface area contributed by atoms with E-state index >= 15 is 0 Å². The van der Waals surface area contributed by atoms with Crippen LogP contribution in [0.4, 0.5) is 11.4 Å². The monoisotopic (exact) mass is 370 g/mol. The molecule has 0 bridgehead atoms. The SMILES string of the molecule is Cc1cccc(OCCCCCCCCCCOc2ccccc2N)c1N. The average molecular weight is 371 g/mol. The molecule has 4 heteroatoms. The van der Waals surface area contributed by atoms with Crippen molar-refractivity contribution in [2.24, 2.45) is 0 Å².